The Balaban J connectivity index is 0.992. The van der Waals surface area contributed by atoms with Crippen LogP contribution in [0.3, 0.4) is 0 Å². The van der Waals surface area contributed by atoms with Crippen molar-refractivity contribution in [2.45, 2.75) is 116 Å². The van der Waals surface area contributed by atoms with Crippen molar-refractivity contribution in [3.8, 4) is 17.2 Å². The van der Waals surface area contributed by atoms with Crippen molar-refractivity contribution in [1.82, 2.24) is 48.3 Å². The highest BCUT2D eigenvalue weighted by Crippen LogP contribution is 2.56. The maximum atomic E-state index is 15.6. The Morgan fingerprint density at radius 3 is 2.34 bits per heavy atom. The Morgan fingerprint density at radius 2 is 1.64 bits per heavy atom. The van der Waals surface area contributed by atoms with Gasteiger partial charge in [-0.3, -0.25) is 28.1 Å². The van der Waals surface area contributed by atoms with Gasteiger partial charge in [-0.1, -0.05) is 18.1 Å². The van der Waals surface area contributed by atoms with E-state index in [1.165, 1.54) is 5.56 Å². The van der Waals surface area contributed by atoms with Crippen molar-refractivity contribution in [3.63, 3.8) is 0 Å². The van der Waals surface area contributed by atoms with Crippen molar-refractivity contribution in [2.24, 2.45) is 5.92 Å². The molecular weight excluding hydrogens is 852 g/mol. The Kier molecular flexibility index (Phi) is 9.06. The summed E-state index contributed by atoms with van der Waals surface area (Å²) < 4.78 is 35.5. The summed E-state index contributed by atoms with van der Waals surface area (Å²) in [4.78, 5) is 47.7. The molecule has 5 aromatic heterocycles. The third-order valence-electron chi connectivity index (χ3n) is 15.2. The second kappa shape index (κ2) is 14.6. The van der Waals surface area contributed by atoms with Crippen LogP contribution in [-0.2, 0) is 16.7 Å². The first kappa shape index (κ1) is 41.6. The van der Waals surface area contributed by atoms with Gasteiger partial charge in [0.15, 0.2) is 5.82 Å². The minimum Gasteiger partial charge on any atom is -0.376 e. The standard InChI is InChI=1S/C51H53FN10O5/c1-27-18-38(19-28(2)43(27)52)62-45(59-16-15-58(49(59)65)37-20-29(3)44-35(22-37)26-53-61(44)36-9-10-36)42-31(5)57(14-12-39(42)55-62)46(63)41-23-34-21-32(33-13-17-66-50(6,7)25-33)8-11-40(34)60(41)51(24-30(51)4)47-54-48(64)67-56-47/h8,11,15-16,18-23,26,30-31,33,36H,9-10,12-14,17,24-25H2,1-7H3,(H,54,56,64)/t30-,31-,33-,51-/m0/s1. The molecule has 16 heteroatoms. The highest BCUT2D eigenvalue weighted by atomic mass is 19.1. The van der Waals surface area contributed by atoms with E-state index in [0.29, 0.717) is 71.9 Å². The van der Waals surface area contributed by atoms with Gasteiger partial charge >= 0.3 is 11.4 Å². The number of imidazole rings is 1. The van der Waals surface area contributed by atoms with Crippen molar-refractivity contribution in [3.05, 3.63) is 139 Å². The summed E-state index contributed by atoms with van der Waals surface area (Å²) >= 11 is 0. The fourth-order valence-electron chi connectivity index (χ4n) is 11.5. The number of nitrogens with one attached hydrogen (secondary N) is 1. The number of hydrogen-bond acceptors (Lipinski definition) is 8. The lowest BCUT2D eigenvalue weighted by Gasteiger charge is -2.35. The molecule has 0 spiro atoms. The maximum Gasteiger partial charge on any atom is 0.438 e. The fourth-order valence-corrected chi connectivity index (χ4v) is 11.5. The molecule has 1 amide bonds. The van der Waals surface area contributed by atoms with Gasteiger partial charge in [-0.25, -0.2) is 18.7 Å². The van der Waals surface area contributed by atoms with Crippen LogP contribution in [0.4, 0.5) is 4.39 Å². The van der Waals surface area contributed by atoms with Crippen LogP contribution in [0, 0.1) is 32.5 Å². The number of aromatic nitrogens is 9. The SMILES string of the molecule is Cc1cc(-n2nc3c(c2-n2ccn(-c4cc(C)c5c(cnn5C5CC5)c4)c2=O)[C@H](C)N(C(=O)c2cc4cc([C@H]5CCOC(C)(C)C5)ccc4n2[C@@]2(c4noc(=O)[nH]4)C[C@@H]2C)CC3)cc(C)c1F. The molecule has 1 saturated heterocycles. The molecule has 15 nitrogen and oxygen atoms in total. The number of carbonyl (C=O) groups is 1. The van der Waals surface area contributed by atoms with Crippen molar-refractivity contribution >= 4 is 27.7 Å². The first-order chi connectivity index (χ1) is 32.1. The van der Waals surface area contributed by atoms with Gasteiger partial charge in [0.05, 0.1) is 46.5 Å². The Bertz CT molecular complexity index is 3460. The number of aryl methyl sites for hydroxylation is 3. The van der Waals surface area contributed by atoms with Gasteiger partial charge in [-0.2, -0.15) is 10.2 Å². The van der Waals surface area contributed by atoms with E-state index < -0.39 is 17.3 Å². The van der Waals surface area contributed by atoms with E-state index in [1.54, 1.807) is 52.2 Å². The number of ether oxygens (including phenoxy) is 1. The van der Waals surface area contributed by atoms with Crippen LogP contribution in [0.5, 0.6) is 0 Å². The fraction of sp³-hybridized carbons (Fsp3) is 0.412. The molecule has 7 heterocycles. The Labute approximate surface area is 384 Å². The average Bonchev–Trinajstić information content (AvgIpc) is 3.82. The van der Waals surface area contributed by atoms with Crippen molar-refractivity contribution < 1.29 is 18.4 Å². The normalized spacial score (nSPS) is 22.5. The monoisotopic (exact) mass is 904 g/mol. The zero-order valence-corrected chi connectivity index (χ0v) is 38.8. The lowest BCUT2D eigenvalue weighted by Crippen LogP contribution is -2.41. The minimum absolute atomic E-state index is 0.0269. The third-order valence-corrected chi connectivity index (χ3v) is 15.2. The van der Waals surface area contributed by atoms with Gasteiger partial charge in [0.25, 0.3) is 5.91 Å². The van der Waals surface area contributed by atoms with Gasteiger partial charge in [0, 0.05) is 53.8 Å². The smallest absolute Gasteiger partial charge is 0.376 e. The molecule has 2 aliphatic heterocycles. The van der Waals surface area contributed by atoms with Gasteiger partial charge in [0.1, 0.15) is 22.9 Å². The molecule has 8 aromatic rings. The molecule has 0 unspecified atom stereocenters. The van der Waals surface area contributed by atoms with Gasteiger partial charge < -0.3 is 14.2 Å². The molecular formula is C51H53FN10O5. The number of fused-ring (bicyclic) bond motifs is 3. The van der Waals surface area contributed by atoms with E-state index in [4.69, 9.17) is 19.5 Å². The highest BCUT2D eigenvalue weighted by Gasteiger charge is 2.59. The summed E-state index contributed by atoms with van der Waals surface area (Å²) in [6, 6.07) is 15.8. The number of H-pyrrole nitrogens is 1. The Morgan fingerprint density at radius 1 is 0.896 bits per heavy atom. The van der Waals surface area contributed by atoms with Crippen molar-refractivity contribution in [2.75, 3.05) is 13.2 Å². The van der Waals surface area contributed by atoms with Gasteiger partial charge in [-0.05, 0) is 150 Å². The lowest BCUT2D eigenvalue weighted by atomic mass is 9.83. The molecule has 3 aromatic carbocycles. The number of aromatic amines is 1. The Hall–Kier alpha value is -6.81. The molecule has 1 N–H and O–H groups in total. The van der Waals surface area contributed by atoms with E-state index in [9.17, 15) is 9.59 Å². The summed E-state index contributed by atoms with van der Waals surface area (Å²) in [7, 11) is 0. The first-order valence-corrected chi connectivity index (χ1v) is 23.5. The summed E-state index contributed by atoms with van der Waals surface area (Å²) in [5.74, 6) is 0.00813. The van der Waals surface area contributed by atoms with Crippen LogP contribution in [0.25, 0.3) is 39.0 Å². The predicted octanol–water partition coefficient (Wildman–Crippen LogP) is 8.41. The number of benzene rings is 3. The van der Waals surface area contributed by atoms with Crippen molar-refractivity contribution in [1.29, 1.82) is 0 Å². The average molecular weight is 905 g/mol. The number of rotatable bonds is 8. The number of halogens is 1. The van der Waals surface area contributed by atoms with E-state index >= 15 is 9.18 Å². The quantitative estimate of drug-likeness (QED) is 0.159. The summed E-state index contributed by atoms with van der Waals surface area (Å²) in [6.07, 6.45) is 10.4. The molecule has 4 atom stereocenters. The molecule has 12 rings (SSSR count). The first-order valence-electron chi connectivity index (χ1n) is 23.5. The van der Waals surface area contributed by atoms with Crippen LogP contribution in [0.2, 0.25) is 0 Å². The molecule has 3 fully saturated rings. The van der Waals surface area contributed by atoms with Crippen LogP contribution < -0.4 is 11.4 Å². The third kappa shape index (κ3) is 6.38. The zero-order valence-electron chi connectivity index (χ0n) is 38.8. The molecule has 0 bridgehead atoms. The van der Waals surface area contributed by atoms with E-state index in [-0.39, 0.29) is 34.9 Å². The molecule has 0 radical (unpaired) electrons. The van der Waals surface area contributed by atoms with E-state index in [2.05, 4.69) is 58.4 Å². The molecule has 67 heavy (non-hydrogen) atoms. The second-order valence-electron chi connectivity index (χ2n) is 20.2. The predicted molar refractivity (Wildman–Crippen MR) is 249 cm³/mol. The topological polar surface area (TPSA) is 156 Å². The van der Waals surface area contributed by atoms with E-state index in [0.717, 1.165) is 64.3 Å². The lowest BCUT2D eigenvalue weighted by molar-refractivity contribution is -0.0592. The van der Waals surface area contributed by atoms with Gasteiger partial charge in [-0.15, -0.1) is 0 Å². The summed E-state index contributed by atoms with van der Waals surface area (Å²) in [6.45, 7) is 14.8. The van der Waals surface area contributed by atoms with Gasteiger partial charge in [0.2, 0.25) is 0 Å². The second-order valence-corrected chi connectivity index (χ2v) is 20.2. The van der Waals surface area contributed by atoms with Crippen LogP contribution in [-0.4, -0.2) is 73.0 Å². The maximum absolute atomic E-state index is 15.6. The minimum atomic E-state index is -0.826. The van der Waals surface area contributed by atoms with Crippen LogP contribution in [0.1, 0.15) is 128 Å². The molecule has 2 aliphatic carbocycles. The molecule has 4 aliphatic rings. The van der Waals surface area contributed by atoms with Crippen LogP contribution >= 0.6 is 0 Å². The molecule has 344 valence electrons. The number of amides is 1. The van der Waals surface area contributed by atoms with Crippen LogP contribution in [0.15, 0.2) is 81.2 Å². The summed E-state index contributed by atoms with van der Waals surface area (Å²) in [5.41, 5.74) is 6.88. The highest BCUT2D eigenvalue weighted by molar-refractivity contribution is 6.00. The largest absolute Gasteiger partial charge is 0.438 e. The van der Waals surface area contributed by atoms with E-state index in [1.807, 2.05) is 43.1 Å². The summed E-state index contributed by atoms with van der Waals surface area (Å²) in [5, 5.41) is 15.9. The molecule has 2 saturated carbocycles. The zero-order chi connectivity index (χ0) is 46.4. The number of carbonyl (C=O) groups excluding carboxylic acids is 1. The number of nitrogens with zero attached hydrogens (tertiary/aromatic N) is 9. The number of hydrogen-bond donors (Lipinski definition) is 1.